The number of aromatic nitrogens is 1. The van der Waals surface area contributed by atoms with Crippen LogP contribution in [0.5, 0.6) is 5.75 Å². The fourth-order valence-corrected chi connectivity index (χ4v) is 2.71. The van der Waals surface area contributed by atoms with E-state index in [9.17, 15) is 4.79 Å². The molecule has 0 aliphatic carbocycles. The summed E-state index contributed by atoms with van der Waals surface area (Å²) in [4.78, 5) is 12.1. The fraction of sp³-hybridized carbons (Fsp3) is 0.438. The van der Waals surface area contributed by atoms with Crippen molar-refractivity contribution in [3.63, 3.8) is 0 Å². The van der Waals surface area contributed by atoms with E-state index in [1.54, 1.807) is 7.11 Å². The van der Waals surface area contributed by atoms with Crippen molar-refractivity contribution in [2.45, 2.75) is 25.4 Å². The lowest BCUT2D eigenvalue weighted by molar-refractivity contribution is -0.122. The van der Waals surface area contributed by atoms with E-state index in [1.807, 2.05) is 35.0 Å². The van der Waals surface area contributed by atoms with Crippen molar-refractivity contribution in [2.24, 2.45) is 0 Å². The molecule has 1 saturated heterocycles. The van der Waals surface area contributed by atoms with E-state index in [2.05, 4.69) is 5.32 Å². The smallest absolute Gasteiger partial charge is 0.240 e. The van der Waals surface area contributed by atoms with Crippen LogP contribution in [0, 0.1) is 0 Å². The zero-order chi connectivity index (χ0) is 14.7. The molecule has 0 unspecified atom stereocenters. The third-order valence-electron chi connectivity index (χ3n) is 3.88. The molecule has 0 bridgehead atoms. The summed E-state index contributed by atoms with van der Waals surface area (Å²) in [6, 6.07) is 8.11. The first-order valence-corrected chi connectivity index (χ1v) is 7.26. The molecule has 1 amide bonds. The Hall–Kier alpha value is -2.01. The first kappa shape index (κ1) is 13.9. The van der Waals surface area contributed by atoms with Gasteiger partial charge in [0.25, 0.3) is 0 Å². The summed E-state index contributed by atoms with van der Waals surface area (Å²) in [5.74, 6) is 0.877. The Morgan fingerprint density at radius 2 is 2.19 bits per heavy atom. The number of carbonyl (C=O) groups is 1. The molecular formula is C16H20N2O3. The van der Waals surface area contributed by atoms with Crippen molar-refractivity contribution in [1.29, 1.82) is 0 Å². The van der Waals surface area contributed by atoms with Crippen molar-refractivity contribution in [2.75, 3.05) is 20.3 Å². The van der Waals surface area contributed by atoms with Gasteiger partial charge in [0, 0.05) is 36.4 Å². The summed E-state index contributed by atoms with van der Waals surface area (Å²) in [6.45, 7) is 1.81. The molecule has 21 heavy (non-hydrogen) atoms. The van der Waals surface area contributed by atoms with E-state index in [0.717, 1.165) is 42.7 Å². The number of hydrogen-bond acceptors (Lipinski definition) is 3. The van der Waals surface area contributed by atoms with Gasteiger partial charge in [-0.2, -0.15) is 0 Å². The maximum absolute atomic E-state index is 12.1. The number of nitrogens with one attached hydrogen (secondary N) is 1. The summed E-state index contributed by atoms with van der Waals surface area (Å²) < 4.78 is 12.5. The van der Waals surface area contributed by atoms with Crippen LogP contribution < -0.4 is 10.1 Å². The van der Waals surface area contributed by atoms with Crippen LogP contribution in [0.3, 0.4) is 0 Å². The lowest BCUT2D eigenvalue weighted by Gasteiger charge is -2.23. The predicted octanol–water partition coefficient (Wildman–Crippen LogP) is 1.95. The largest absolute Gasteiger partial charge is 0.497 e. The minimum absolute atomic E-state index is 0.0511. The standard InChI is InChI=1S/C16H20N2O3/c1-20-14-2-3-15-12(10-14)4-7-18(15)11-16(19)17-13-5-8-21-9-6-13/h2-4,7,10,13H,5-6,8-9,11H2,1H3,(H,17,19). The molecule has 112 valence electrons. The van der Waals surface area contributed by atoms with Gasteiger partial charge >= 0.3 is 0 Å². The third-order valence-corrected chi connectivity index (χ3v) is 3.88. The van der Waals surface area contributed by atoms with Gasteiger partial charge in [0.1, 0.15) is 12.3 Å². The van der Waals surface area contributed by atoms with Gasteiger partial charge in [0.05, 0.1) is 7.11 Å². The van der Waals surface area contributed by atoms with E-state index in [0.29, 0.717) is 6.54 Å². The molecule has 2 heterocycles. The van der Waals surface area contributed by atoms with Gasteiger partial charge in [-0.25, -0.2) is 0 Å². The van der Waals surface area contributed by atoms with Gasteiger partial charge < -0.3 is 19.4 Å². The molecule has 0 saturated carbocycles. The van der Waals surface area contributed by atoms with Crippen molar-refractivity contribution < 1.29 is 14.3 Å². The maximum Gasteiger partial charge on any atom is 0.240 e. The zero-order valence-electron chi connectivity index (χ0n) is 12.2. The van der Waals surface area contributed by atoms with Gasteiger partial charge in [0.2, 0.25) is 5.91 Å². The van der Waals surface area contributed by atoms with Gasteiger partial charge in [0.15, 0.2) is 0 Å². The zero-order valence-corrected chi connectivity index (χ0v) is 12.2. The molecule has 0 radical (unpaired) electrons. The number of fused-ring (bicyclic) bond motifs is 1. The number of methoxy groups -OCH3 is 1. The van der Waals surface area contributed by atoms with Crippen LogP contribution in [0.2, 0.25) is 0 Å². The van der Waals surface area contributed by atoms with Crippen LogP contribution >= 0.6 is 0 Å². The number of benzene rings is 1. The van der Waals surface area contributed by atoms with Crippen molar-refractivity contribution in [3.8, 4) is 5.75 Å². The van der Waals surface area contributed by atoms with Gasteiger partial charge in [-0.15, -0.1) is 0 Å². The third kappa shape index (κ3) is 3.19. The van der Waals surface area contributed by atoms with Crippen LogP contribution in [0.25, 0.3) is 10.9 Å². The second kappa shape index (κ2) is 6.18. The van der Waals surface area contributed by atoms with E-state index in [-0.39, 0.29) is 11.9 Å². The Balaban J connectivity index is 1.68. The molecule has 1 aliphatic heterocycles. The summed E-state index contributed by atoms with van der Waals surface area (Å²) >= 11 is 0. The Morgan fingerprint density at radius 1 is 1.38 bits per heavy atom. The van der Waals surface area contributed by atoms with Crippen molar-refractivity contribution >= 4 is 16.8 Å². The number of nitrogens with zero attached hydrogens (tertiary/aromatic N) is 1. The molecule has 0 atom stereocenters. The Kier molecular flexibility index (Phi) is 4.10. The minimum atomic E-state index is 0.0511. The first-order valence-electron chi connectivity index (χ1n) is 7.26. The summed E-state index contributed by atoms with van der Waals surface area (Å²) in [5, 5.41) is 4.16. The highest BCUT2D eigenvalue weighted by Gasteiger charge is 2.16. The minimum Gasteiger partial charge on any atom is -0.497 e. The monoisotopic (exact) mass is 288 g/mol. The van der Waals surface area contributed by atoms with E-state index in [1.165, 1.54) is 0 Å². The summed E-state index contributed by atoms with van der Waals surface area (Å²) in [5.41, 5.74) is 1.04. The Labute approximate surface area is 123 Å². The summed E-state index contributed by atoms with van der Waals surface area (Å²) in [7, 11) is 1.65. The Morgan fingerprint density at radius 3 is 2.95 bits per heavy atom. The predicted molar refractivity (Wildman–Crippen MR) is 80.5 cm³/mol. The average Bonchev–Trinajstić information content (AvgIpc) is 2.90. The first-order chi connectivity index (χ1) is 10.3. The van der Waals surface area contributed by atoms with E-state index < -0.39 is 0 Å². The highest BCUT2D eigenvalue weighted by molar-refractivity contribution is 5.84. The number of rotatable bonds is 4. The highest BCUT2D eigenvalue weighted by Crippen LogP contribution is 2.21. The van der Waals surface area contributed by atoms with Crippen molar-refractivity contribution in [3.05, 3.63) is 30.5 Å². The lowest BCUT2D eigenvalue weighted by Crippen LogP contribution is -2.40. The van der Waals surface area contributed by atoms with Crippen LogP contribution in [-0.2, 0) is 16.1 Å². The molecule has 1 fully saturated rings. The van der Waals surface area contributed by atoms with Gasteiger partial charge in [-0.3, -0.25) is 4.79 Å². The van der Waals surface area contributed by atoms with Gasteiger partial charge in [-0.1, -0.05) is 0 Å². The van der Waals surface area contributed by atoms with E-state index in [4.69, 9.17) is 9.47 Å². The van der Waals surface area contributed by atoms with E-state index >= 15 is 0 Å². The van der Waals surface area contributed by atoms with Crippen LogP contribution in [0.4, 0.5) is 0 Å². The number of ether oxygens (including phenoxy) is 2. The van der Waals surface area contributed by atoms with Crippen LogP contribution in [0.15, 0.2) is 30.5 Å². The molecule has 1 N–H and O–H groups in total. The SMILES string of the molecule is COc1ccc2c(ccn2CC(=O)NC2CCOCC2)c1. The fourth-order valence-electron chi connectivity index (χ4n) is 2.71. The molecule has 1 aromatic carbocycles. The Bertz CT molecular complexity index is 629. The number of hydrogen-bond donors (Lipinski definition) is 1. The molecule has 0 spiro atoms. The van der Waals surface area contributed by atoms with Crippen molar-refractivity contribution in [1.82, 2.24) is 9.88 Å². The summed E-state index contributed by atoms with van der Waals surface area (Å²) in [6.07, 6.45) is 3.73. The highest BCUT2D eigenvalue weighted by atomic mass is 16.5. The molecular weight excluding hydrogens is 268 g/mol. The molecule has 1 aliphatic rings. The van der Waals surface area contributed by atoms with Crippen LogP contribution in [-0.4, -0.2) is 36.8 Å². The average molecular weight is 288 g/mol. The van der Waals surface area contributed by atoms with Crippen LogP contribution in [0.1, 0.15) is 12.8 Å². The topological polar surface area (TPSA) is 52.5 Å². The molecule has 2 aromatic rings. The normalized spacial score (nSPS) is 16.0. The van der Waals surface area contributed by atoms with Gasteiger partial charge in [-0.05, 0) is 37.1 Å². The molecule has 5 heteroatoms. The molecule has 5 nitrogen and oxygen atoms in total. The second-order valence-electron chi connectivity index (χ2n) is 5.32. The maximum atomic E-state index is 12.1. The molecule has 1 aromatic heterocycles. The number of amides is 1. The molecule has 3 rings (SSSR count). The quantitative estimate of drug-likeness (QED) is 0.935. The lowest BCUT2D eigenvalue weighted by atomic mass is 10.1. The second-order valence-corrected chi connectivity index (χ2v) is 5.32. The number of carbonyl (C=O) groups excluding carboxylic acids is 1.